The lowest BCUT2D eigenvalue weighted by atomic mass is 10.2. The van der Waals surface area contributed by atoms with Gasteiger partial charge in [0, 0.05) is 6.20 Å². The van der Waals surface area contributed by atoms with Crippen molar-refractivity contribution in [3.63, 3.8) is 0 Å². The second kappa shape index (κ2) is 4.61. The van der Waals surface area contributed by atoms with Crippen LogP contribution < -0.4 is 11.1 Å². The van der Waals surface area contributed by atoms with Gasteiger partial charge in [0.15, 0.2) is 0 Å². The van der Waals surface area contributed by atoms with Crippen molar-refractivity contribution in [3.8, 4) is 0 Å². The number of para-hydroxylation sites is 1. The molecule has 3 N–H and O–H groups in total. The lowest BCUT2D eigenvalue weighted by molar-refractivity contribution is 0.102. The van der Waals surface area contributed by atoms with Crippen LogP contribution in [0.3, 0.4) is 0 Å². The fourth-order valence-electron chi connectivity index (χ4n) is 1.35. The third-order valence-electron chi connectivity index (χ3n) is 2.18. The van der Waals surface area contributed by atoms with Gasteiger partial charge in [0.2, 0.25) is 0 Å². The first-order chi connectivity index (χ1) is 8.18. The van der Waals surface area contributed by atoms with Crippen molar-refractivity contribution in [2.24, 2.45) is 0 Å². The largest absolute Gasteiger partial charge is 0.397 e. The first kappa shape index (κ1) is 11.1. The second-order valence-electron chi connectivity index (χ2n) is 3.37. The van der Waals surface area contributed by atoms with E-state index in [1.165, 1.54) is 30.5 Å². The third-order valence-corrected chi connectivity index (χ3v) is 2.18. The number of carbonyl (C=O) groups is 1. The summed E-state index contributed by atoms with van der Waals surface area (Å²) in [6, 6.07) is 9.11. The van der Waals surface area contributed by atoms with Crippen molar-refractivity contribution in [1.82, 2.24) is 4.98 Å². The number of nitrogens with two attached hydrogens (primary N) is 1. The van der Waals surface area contributed by atoms with Crippen LogP contribution in [0.15, 0.2) is 42.6 Å². The average Bonchev–Trinajstić information content (AvgIpc) is 2.35. The Hall–Kier alpha value is -2.43. The number of amides is 1. The van der Waals surface area contributed by atoms with Gasteiger partial charge in [-0.25, -0.2) is 4.39 Å². The van der Waals surface area contributed by atoms with Crippen molar-refractivity contribution in [3.05, 3.63) is 54.1 Å². The number of nitrogens with one attached hydrogen (secondary N) is 1. The van der Waals surface area contributed by atoms with Crippen LogP contribution in [0.25, 0.3) is 0 Å². The normalized spacial score (nSPS) is 9.94. The molecule has 1 aromatic carbocycles. The summed E-state index contributed by atoms with van der Waals surface area (Å²) >= 11 is 0. The molecule has 1 heterocycles. The van der Waals surface area contributed by atoms with Gasteiger partial charge >= 0.3 is 0 Å². The third kappa shape index (κ3) is 2.39. The Morgan fingerprint density at radius 2 is 2.06 bits per heavy atom. The Morgan fingerprint density at radius 1 is 1.24 bits per heavy atom. The van der Waals surface area contributed by atoms with Crippen LogP contribution in [0.2, 0.25) is 0 Å². The molecule has 0 aliphatic carbocycles. The van der Waals surface area contributed by atoms with Gasteiger partial charge < -0.3 is 11.1 Å². The number of halogens is 1. The standard InChI is InChI=1S/C12H10FN3O/c13-8-4-3-5-9(14)11(8)16-12(17)10-6-1-2-7-15-10/h1-7H,14H2,(H,16,17). The molecular weight excluding hydrogens is 221 g/mol. The Balaban J connectivity index is 2.25. The molecule has 0 aliphatic rings. The fourth-order valence-corrected chi connectivity index (χ4v) is 1.35. The predicted molar refractivity (Wildman–Crippen MR) is 63.0 cm³/mol. The second-order valence-corrected chi connectivity index (χ2v) is 3.37. The highest BCUT2D eigenvalue weighted by atomic mass is 19.1. The lowest BCUT2D eigenvalue weighted by Gasteiger charge is -2.08. The van der Waals surface area contributed by atoms with Gasteiger partial charge in [-0.15, -0.1) is 0 Å². The summed E-state index contributed by atoms with van der Waals surface area (Å²) < 4.78 is 13.4. The summed E-state index contributed by atoms with van der Waals surface area (Å²) in [6.07, 6.45) is 1.49. The van der Waals surface area contributed by atoms with Crippen molar-refractivity contribution in [2.75, 3.05) is 11.1 Å². The fraction of sp³-hybridized carbons (Fsp3) is 0. The van der Waals surface area contributed by atoms with Crippen molar-refractivity contribution < 1.29 is 9.18 Å². The minimum atomic E-state index is -0.575. The van der Waals surface area contributed by atoms with E-state index in [1.807, 2.05) is 0 Å². The number of rotatable bonds is 2. The van der Waals surface area contributed by atoms with Gasteiger partial charge in [0.1, 0.15) is 17.2 Å². The molecule has 0 saturated heterocycles. The predicted octanol–water partition coefficient (Wildman–Crippen LogP) is 2.06. The Morgan fingerprint density at radius 3 is 2.71 bits per heavy atom. The zero-order chi connectivity index (χ0) is 12.3. The highest BCUT2D eigenvalue weighted by Gasteiger charge is 2.12. The maximum Gasteiger partial charge on any atom is 0.274 e. The molecule has 0 aliphatic heterocycles. The topological polar surface area (TPSA) is 68.0 Å². The van der Waals surface area contributed by atoms with Gasteiger partial charge in [-0.05, 0) is 24.3 Å². The molecule has 0 unspecified atom stereocenters. The smallest absolute Gasteiger partial charge is 0.274 e. The summed E-state index contributed by atoms with van der Waals surface area (Å²) in [5, 5.41) is 2.39. The molecular formula is C12H10FN3O. The van der Waals surface area contributed by atoms with Gasteiger partial charge in [-0.3, -0.25) is 9.78 Å². The molecule has 17 heavy (non-hydrogen) atoms. The van der Waals surface area contributed by atoms with Crippen molar-refractivity contribution in [2.45, 2.75) is 0 Å². The summed E-state index contributed by atoms with van der Waals surface area (Å²) in [7, 11) is 0. The zero-order valence-corrected chi connectivity index (χ0v) is 8.85. The average molecular weight is 231 g/mol. The summed E-state index contributed by atoms with van der Waals surface area (Å²) in [5.41, 5.74) is 5.93. The van der Waals surface area contributed by atoms with Crippen molar-refractivity contribution in [1.29, 1.82) is 0 Å². The van der Waals surface area contributed by atoms with Gasteiger partial charge in [-0.2, -0.15) is 0 Å². The van der Waals surface area contributed by atoms with Crippen LogP contribution in [-0.2, 0) is 0 Å². The molecule has 0 radical (unpaired) electrons. The van der Waals surface area contributed by atoms with Crippen LogP contribution in [0.5, 0.6) is 0 Å². The van der Waals surface area contributed by atoms with Gasteiger partial charge in [0.05, 0.1) is 5.69 Å². The minimum absolute atomic E-state index is 0.0249. The van der Waals surface area contributed by atoms with Crippen LogP contribution in [-0.4, -0.2) is 10.9 Å². The minimum Gasteiger partial charge on any atom is -0.397 e. The quantitative estimate of drug-likeness (QED) is 0.777. The number of benzene rings is 1. The van der Waals surface area contributed by atoms with E-state index < -0.39 is 11.7 Å². The molecule has 5 heteroatoms. The molecule has 0 atom stereocenters. The Labute approximate surface area is 97.3 Å². The van der Waals surface area contributed by atoms with E-state index in [1.54, 1.807) is 12.1 Å². The van der Waals surface area contributed by atoms with E-state index in [4.69, 9.17) is 5.73 Å². The van der Waals surface area contributed by atoms with E-state index in [9.17, 15) is 9.18 Å². The lowest BCUT2D eigenvalue weighted by Crippen LogP contribution is -2.15. The SMILES string of the molecule is Nc1cccc(F)c1NC(=O)c1ccccn1. The van der Waals surface area contributed by atoms with E-state index >= 15 is 0 Å². The summed E-state index contributed by atoms with van der Waals surface area (Å²) in [4.78, 5) is 15.6. The van der Waals surface area contributed by atoms with Crippen LogP contribution in [0, 0.1) is 5.82 Å². The molecule has 0 saturated carbocycles. The highest BCUT2D eigenvalue weighted by molar-refractivity contribution is 6.04. The van der Waals surface area contributed by atoms with E-state index in [-0.39, 0.29) is 17.1 Å². The van der Waals surface area contributed by atoms with Crippen LogP contribution in [0.4, 0.5) is 15.8 Å². The van der Waals surface area contributed by atoms with E-state index in [2.05, 4.69) is 10.3 Å². The molecule has 86 valence electrons. The molecule has 0 bridgehead atoms. The first-order valence-corrected chi connectivity index (χ1v) is 4.95. The van der Waals surface area contributed by atoms with E-state index in [0.717, 1.165) is 0 Å². The molecule has 2 aromatic rings. The number of anilines is 2. The van der Waals surface area contributed by atoms with Crippen LogP contribution >= 0.6 is 0 Å². The number of nitrogens with zero attached hydrogens (tertiary/aromatic N) is 1. The number of hydrogen-bond donors (Lipinski definition) is 2. The maximum atomic E-state index is 13.4. The Kier molecular flexibility index (Phi) is 3.00. The maximum absolute atomic E-state index is 13.4. The van der Waals surface area contributed by atoms with Crippen LogP contribution in [0.1, 0.15) is 10.5 Å². The summed E-state index contributed by atoms with van der Waals surface area (Å²) in [6.45, 7) is 0. The number of nitrogen functional groups attached to an aromatic ring is 1. The number of aromatic nitrogens is 1. The molecule has 1 amide bonds. The first-order valence-electron chi connectivity index (χ1n) is 4.95. The molecule has 2 rings (SSSR count). The molecule has 1 aromatic heterocycles. The van der Waals surface area contributed by atoms with Gasteiger partial charge in [0.25, 0.3) is 5.91 Å². The molecule has 0 fully saturated rings. The Bertz CT molecular complexity index is 522. The molecule has 0 spiro atoms. The highest BCUT2D eigenvalue weighted by Crippen LogP contribution is 2.22. The zero-order valence-electron chi connectivity index (χ0n) is 8.85. The monoisotopic (exact) mass is 231 g/mol. The number of hydrogen-bond acceptors (Lipinski definition) is 3. The van der Waals surface area contributed by atoms with Gasteiger partial charge in [-0.1, -0.05) is 12.1 Å². The number of carbonyl (C=O) groups excluding carboxylic acids is 1. The summed E-state index contributed by atoms with van der Waals surface area (Å²) in [5.74, 6) is -1.07. The van der Waals surface area contributed by atoms with Crippen molar-refractivity contribution >= 4 is 17.3 Å². The van der Waals surface area contributed by atoms with E-state index in [0.29, 0.717) is 0 Å². The number of pyridine rings is 1. The molecule has 4 nitrogen and oxygen atoms in total.